The number of hydrogen-bond acceptors (Lipinski definition) is 6. The minimum atomic E-state index is -1.31. The van der Waals surface area contributed by atoms with Crippen molar-refractivity contribution in [2.24, 2.45) is 0 Å². The summed E-state index contributed by atoms with van der Waals surface area (Å²) in [5.74, 6) is -1.47. The molecule has 2 aromatic rings. The number of ether oxygens (including phenoxy) is 2. The van der Waals surface area contributed by atoms with E-state index >= 15 is 0 Å². The van der Waals surface area contributed by atoms with Crippen LogP contribution in [0.2, 0.25) is 0 Å². The van der Waals surface area contributed by atoms with Crippen molar-refractivity contribution < 1.29 is 28.6 Å². The van der Waals surface area contributed by atoms with Crippen molar-refractivity contribution in [2.45, 2.75) is 32.8 Å². The average Bonchev–Trinajstić information content (AvgIpc) is 2.54. The molecular formula is C17H18O7. The molecule has 0 aliphatic heterocycles. The fourth-order valence-corrected chi connectivity index (χ4v) is 2.32. The molecule has 0 saturated heterocycles. The summed E-state index contributed by atoms with van der Waals surface area (Å²) in [5, 5.41) is 9.27. The van der Waals surface area contributed by atoms with Gasteiger partial charge in [0.25, 0.3) is 6.47 Å². The Morgan fingerprint density at radius 3 is 2.79 bits per heavy atom. The molecule has 0 aliphatic rings. The highest BCUT2D eigenvalue weighted by Gasteiger charge is 2.17. The molecule has 128 valence electrons. The van der Waals surface area contributed by atoms with Crippen molar-refractivity contribution in [3.05, 3.63) is 39.7 Å². The van der Waals surface area contributed by atoms with Crippen LogP contribution in [0.15, 0.2) is 27.4 Å². The van der Waals surface area contributed by atoms with E-state index in [1.165, 1.54) is 0 Å². The van der Waals surface area contributed by atoms with Gasteiger partial charge < -0.3 is 19.0 Å². The van der Waals surface area contributed by atoms with E-state index in [1.807, 2.05) is 6.92 Å². The second kappa shape index (κ2) is 7.63. The molecule has 1 N–H and O–H groups in total. The van der Waals surface area contributed by atoms with Crippen LogP contribution in [0, 0.1) is 0 Å². The Hall–Kier alpha value is -2.83. The summed E-state index contributed by atoms with van der Waals surface area (Å²) in [5.41, 5.74) is 0.450. The molecule has 2 rings (SSSR count). The van der Waals surface area contributed by atoms with Crippen molar-refractivity contribution in [1.29, 1.82) is 0 Å². The summed E-state index contributed by atoms with van der Waals surface area (Å²) in [7, 11) is 0. The van der Waals surface area contributed by atoms with Gasteiger partial charge in [0, 0.05) is 6.07 Å². The molecule has 1 aromatic heterocycles. The molecule has 0 saturated carbocycles. The van der Waals surface area contributed by atoms with Gasteiger partial charge in [0.2, 0.25) is 5.76 Å². The molecule has 7 heteroatoms. The van der Waals surface area contributed by atoms with Gasteiger partial charge in [-0.25, -0.2) is 4.79 Å². The second-order valence-corrected chi connectivity index (χ2v) is 5.31. The molecule has 0 amide bonds. The minimum Gasteiger partial charge on any atom is -0.489 e. The highest BCUT2D eigenvalue weighted by atomic mass is 16.6. The van der Waals surface area contributed by atoms with E-state index in [4.69, 9.17) is 19.0 Å². The molecule has 7 nitrogen and oxygen atoms in total. The Bertz CT molecular complexity index is 806. The second-order valence-electron chi connectivity index (χ2n) is 5.31. The molecule has 1 unspecified atom stereocenters. The lowest BCUT2D eigenvalue weighted by molar-refractivity contribution is -0.134. The highest BCUT2D eigenvalue weighted by Crippen LogP contribution is 2.28. The molecule has 0 radical (unpaired) electrons. The number of fused-ring (bicyclic) bond motifs is 1. The van der Waals surface area contributed by atoms with Crippen molar-refractivity contribution in [2.75, 3.05) is 6.61 Å². The number of rotatable bonds is 8. The predicted molar refractivity (Wildman–Crippen MR) is 85.5 cm³/mol. The first-order valence-electron chi connectivity index (χ1n) is 7.52. The smallest absolute Gasteiger partial charge is 0.371 e. The van der Waals surface area contributed by atoms with Gasteiger partial charge in [0.1, 0.15) is 29.4 Å². The predicted octanol–water partition coefficient (Wildman–Crippen LogP) is 2.38. The summed E-state index contributed by atoms with van der Waals surface area (Å²) >= 11 is 0. The van der Waals surface area contributed by atoms with E-state index in [0.29, 0.717) is 12.9 Å². The fraction of sp³-hybridized carbons (Fsp3) is 0.353. The zero-order valence-electron chi connectivity index (χ0n) is 13.4. The van der Waals surface area contributed by atoms with Crippen LogP contribution in [-0.2, 0) is 16.0 Å². The van der Waals surface area contributed by atoms with E-state index < -0.39 is 23.3 Å². The zero-order chi connectivity index (χ0) is 17.7. The topological polar surface area (TPSA) is 103 Å². The van der Waals surface area contributed by atoms with Crippen LogP contribution in [0.4, 0.5) is 0 Å². The van der Waals surface area contributed by atoms with Gasteiger partial charge in [-0.1, -0.05) is 19.4 Å². The van der Waals surface area contributed by atoms with Crippen molar-refractivity contribution in [3.8, 4) is 5.75 Å². The van der Waals surface area contributed by atoms with E-state index in [2.05, 4.69) is 0 Å². The summed E-state index contributed by atoms with van der Waals surface area (Å²) in [6.45, 7) is 3.99. The maximum atomic E-state index is 12.4. The standard InChI is InChI=1S/C17H18O7/c1-3-4-11-5-6-13(22-8-10(2)23-9-18)15-12(19)7-14(17(20)21)24-16(11)15/h5-7,9-10H,3-4,8H2,1-2H3,(H,20,21). The summed E-state index contributed by atoms with van der Waals surface area (Å²) in [4.78, 5) is 33.8. The SMILES string of the molecule is CCCc1ccc(OCC(C)OC=O)c2c(=O)cc(C(=O)O)oc12. The normalized spacial score (nSPS) is 11.9. The molecule has 0 spiro atoms. The van der Waals surface area contributed by atoms with Crippen LogP contribution < -0.4 is 10.2 Å². The van der Waals surface area contributed by atoms with E-state index in [1.54, 1.807) is 19.1 Å². The fourth-order valence-electron chi connectivity index (χ4n) is 2.32. The molecule has 0 fully saturated rings. The average molecular weight is 334 g/mol. The van der Waals surface area contributed by atoms with E-state index in [9.17, 15) is 14.4 Å². The third-order valence-electron chi connectivity index (χ3n) is 3.41. The molecule has 1 aromatic carbocycles. The number of aryl methyl sites for hydroxylation is 1. The Morgan fingerprint density at radius 1 is 1.42 bits per heavy atom. The van der Waals surface area contributed by atoms with Crippen LogP contribution in [0.5, 0.6) is 5.75 Å². The Balaban J connectivity index is 2.53. The number of hydrogen-bond donors (Lipinski definition) is 1. The first kappa shape index (κ1) is 17.5. The molecule has 0 aliphatic carbocycles. The number of carbonyl (C=O) groups excluding carboxylic acids is 1. The zero-order valence-corrected chi connectivity index (χ0v) is 13.4. The highest BCUT2D eigenvalue weighted by molar-refractivity contribution is 5.91. The Labute approximate surface area is 137 Å². The van der Waals surface area contributed by atoms with Gasteiger partial charge in [-0.05, 0) is 25.0 Å². The molecule has 1 atom stereocenters. The van der Waals surface area contributed by atoms with Gasteiger partial charge in [-0.15, -0.1) is 0 Å². The monoisotopic (exact) mass is 334 g/mol. The van der Waals surface area contributed by atoms with Crippen LogP contribution in [0.3, 0.4) is 0 Å². The largest absolute Gasteiger partial charge is 0.489 e. The first-order chi connectivity index (χ1) is 11.5. The van der Waals surface area contributed by atoms with E-state index in [-0.39, 0.29) is 23.3 Å². The van der Waals surface area contributed by atoms with Crippen LogP contribution in [0.25, 0.3) is 11.0 Å². The lowest BCUT2D eigenvalue weighted by Crippen LogP contribution is -2.18. The lowest BCUT2D eigenvalue weighted by Gasteiger charge is -2.14. The van der Waals surface area contributed by atoms with Gasteiger partial charge in [0.15, 0.2) is 5.43 Å². The molecule has 24 heavy (non-hydrogen) atoms. The molecule has 1 heterocycles. The van der Waals surface area contributed by atoms with Crippen LogP contribution >= 0.6 is 0 Å². The third-order valence-corrected chi connectivity index (χ3v) is 3.41. The number of benzene rings is 1. The van der Waals surface area contributed by atoms with Gasteiger partial charge in [-0.2, -0.15) is 0 Å². The summed E-state index contributed by atoms with van der Waals surface area (Å²) in [6, 6.07) is 4.30. The maximum Gasteiger partial charge on any atom is 0.371 e. The maximum absolute atomic E-state index is 12.4. The first-order valence-corrected chi connectivity index (χ1v) is 7.52. The van der Waals surface area contributed by atoms with E-state index in [0.717, 1.165) is 18.1 Å². The van der Waals surface area contributed by atoms with Crippen molar-refractivity contribution in [3.63, 3.8) is 0 Å². The van der Waals surface area contributed by atoms with Crippen molar-refractivity contribution >= 4 is 23.4 Å². The number of carboxylic acids is 1. The Morgan fingerprint density at radius 2 is 2.17 bits per heavy atom. The number of carboxylic acid groups (broad SMARTS) is 1. The quantitative estimate of drug-likeness (QED) is 0.739. The number of aromatic carboxylic acids is 1. The van der Waals surface area contributed by atoms with Crippen LogP contribution in [-0.4, -0.2) is 30.3 Å². The molecular weight excluding hydrogens is 316 g/mol. The van der Waals surface area contributed by atoms with Gasteiger partial charge in [-0.3, -0.25) is 9.59 Å². The lowest BCUT2D eigenvalue weighted by atomic mass is 10.1. The van der Waals surface area contributed by atoms with Gasteiger partial charge in [0.05, 0.1) is 0 Å². The summed E-state index contributed by atoms with van der Waals surface area (Å²) in [6.07, 6.45) is 0.951. The Kier molecular flexibility index (Phi) is 5.57. The van der Waals surface area contributed by atoms with Gasteiger partial charge >= 0.3 is 5.97 Å². The summed E-state index contributed by atoms with van der Waals surface area (Å²) < 4.78 is 15.7. The number of carbonyl (C=O) groups is 2. The minimum absolute atomic E-state index is 0.0566. The van der Waals surface area contributed by atoms with Crippen molar-refractivity contribution in [1.82, 2.24) is 0 Å². The molecule has 0 bridgehead atoms. The third kappa shape index (κ3) is 3.73. The van der Waals surface area contributed by atoms with Crippen LogP contribution in [0.1, 0.15) is 36.4 Å².